The second-order valence-electron chi connectivity index (χ2n) is 11.3. The summed E-state index contributed by atoms with van der Waals surface area (Å²) in [4.78, 5) is 6.15. The maximum absolute atomic E-state index is 10.5. The number of nitrogens with one attached hydrogen (secondary N) is 2. The lowest BCUT2D eigenvalue weighted by Gasteiger charge is -2.45. The number of aliphatic hydroxyl groups is 1. The van der Waals surface area contributed by atoms with Gasteiger partial charge < -0.3 is 25.1 Å². The number of aliphatic imine (C=N–C) groups is 1. The first kappa shape index (κ1) is 31.0. The normalized spacial score (nSPS) is 13.3. The molecule has 1 unspecified atom stereocenters. The maximum Gasteiger partial charge on any atom is 0.261 e. The van der Waals surface area contributed by atoms with Gasteiger partial charge in [-0.3, -0.25) is 0 Å². The number of nitriles is 1. The van der Waals surface area contributed by atoms with Crippen LogP contribution in [0.1, 0.15) is 33.3 Å². The average Bonchev–Trinajstić information content (AvgIpc) is 2.93. The molecule has 40 heavy (non-hydrogen) atoms. The van der Waals surface area contributed by atoms with Crippen LogP contribution in [0.5, 0.6) is 0 Å². The number of nitrogens with zero attached hydrogens (tertiary/aromatic N) is 3. The molecule has 0 aliphatic rings. The molecule has 1 atom stereocenters. The minimum Gasteiger partial charge on any atom is -0.405 e. The summed E-state index contributed by atoms with van der Waals surface area (Å²) in [7, 11) is 0.930. The summed E-state index contributed by atoms with van der Waals surface area (Å²) in [5.74, 6) is 0. The van der Waals surface area contributed by atoms with Crippen molar-refractivity contribution in [3.63, 3.8) is 0 Å². The Balaban J connectivity index is 1.85. The Labute approximate surface area is 244 Å². The van der Waals surface area contributed by atoms with Crippen LogP contribution in [-0.4, -0.2) is 62.6 Å². The van der Waals surface area contributed by atoms with Crippen LogP contribution in [0.2, 0.25) is 5.04 Å². The first-order valence-electron chi connectivity index (χ1n) is 13.1. The molecular weight excluding hydrogens is 535 g/mol. The van der Waals surface area contributed by atoms with Crippen molar-refractivity contribution in [1.29, 1.82) is 5.26 Å². The smallest absolute Gasteiger partial charge is 0.261 e. The predicted molar refractivity (Wildman–Crippen MR) is 171 cm³/mol. The fourth-order valence-corrected chi connectivity index (χ4v) is 9.64. The number of anilines is 1. The summed E-state index contributed by atoms with van der Waals surface area (Å²) in [5.41, 5.74) is 0.766. The number of thiocarbonyl (C=S) groups is 1. The van der Waals surface area contributed by atoms with Gasteiger partial charge in [0.15, 0.2) is 5.11 Å². The predicted octanol–water partition coefficient (Wildman–Crippen LogP) is 4.39. The van der Waals surface area contributed by atoms with Gasteiger partial charge in [0.25, 0.3) is 8.32 Å². The number of aliphatic hydroxyl groups excluding tert-OH is 1. The Kier molecular flexibility index (Phi) is 10.2. The standard InChI is InChI=1S/C31H39N5O2SSi/c1-30(2,3)40(26-13-9-7-10-14-26,27-15-11-8-12-16-27)38-22-31(4,21-37)35-29(39)34-25-17-18-28(24(19-25)20-32)33-23-36(5)6/h7-19,23,37H,21-22H2,1-6H3,(H2,34,35,39). The van der Waals surface area contributed by atoms with E-state index in [9.17, 15) is 10.4 Å². The fourth-order valence-electron chi connectivity index (χ4n) is 4.58. The molecule has 0 spiro atoms. The minimum absolute atomic E-state index is 0.199. The first-order chi connectivity index (χ1) is 18.9. The summed E-state index contributed by atoms with van der Waals surface area (Å²) in [5, 5.41) is 28.9. The van der Waals surface area contributed by atoms with Crippen LogP contribution >= 0.6 is 12.2 Å². The van der Waals surface area contributed by atoms with Gasteiger partial charge in [0.2, 0.25) is 0 Å². The molecule has 3 aromatic rings. The second-order valence-corrected chi connectivity index (χ2v) is 16.0. The maximum atomic E-state index is 10.5. The van der Waals surface area contributed by atoms with E-state index in [1.165, 1.54) is 0 Å². The highest BCUT2D eigenvalue weighted by Gasteiger charge is 2.51. The Bertz CT molecular complexity index is 1310. The zero-order valence-corrected chi connectivity index (χ0v) is 25.9. The van der Waals surface area contributed by atoms with E-state index in [4.69, 9.17) is 16.6 Å². The van der Waals surface area contributed by atoms with Gasteiger partial charge in [-0.05, 0) is 52.8 Å². The number of hydrogen-bond donors (Lipinski definition) is 3. The van der Waals surface area contributed by atoms with Crippen molar-refractivity contribution in [3.05, 3.63) is 84.4 Å². The minimum atomic E-state index is -2.80. The van der Waals surface area contributed by atoms with Gasteiger partial charge in [-0.15, -0.1) is 0 Å². The van der Waals surface area contributed by atoms with E-state index >= 15 is 0 Å². The van der Waals surface area contributed by atoms with E-state index in [0.29, 0.717) is 22.1 Å². The second kappa shape index (κ2) is 13.2. The van der Waals surface area contributed by atoms with E-state index in [0.717, 1.165) is 10.4 Å². The van der Waals surface area contributed by atoms with E-state index in [2.05, 4.69) is 66.7 Å². The third-order valence-electron chi connectivity index (χ3n) is 6.59. The summed E-state index contributed by atoms with van der Waals surface area (Å²) >= 11 is 5.62. The van der Waals surface area contributed by atoms with Crippen LogP contribution in [0.25, 0.3) is 0 Å². The van der Waals surface area contributed by atoms with Gasteiger partial charge in [0.1, 0.15) is 6.07 Å². The lowest BCUT2D eigenvalue weighted by molar-refractivity contribution is 0.126. The summed E-state index contributed by atoms with van der Waals surface area (Å²) < 4.78 is 7.04. The molecule has 0 aliphatic carbocycles. The Morgan fingerprint density at radius 1 is 1.02 bits per heavy atom. The number of hydrogen-bond acceptors (Lipinski definition) is 5. The lowest BCUT2D eigenvalue weighted by atomic mass is 10.1. The number of rotatable bonds is 10. The molecule has 210 valence electrons. The van der Waals surface area contributed by atoms with Gasteiger partial charge in [0, 0.05) is 19.8 Å². The molecule has 0 bridgehead atoms. The lowest BCUT2D eigenvalue weighted by Crippen LogP contribution is -2.68. The van der Waals surface area contributed by atoms with E-state index < -0.39 is 13.9 Å². The molecule has 0 aliphatic heterocycles. The zero-order chi connectivity index (χ0) is 29.4. The van der Waals surface area contributed by atoms with Crippen molar-refractivity contribution in [3.8, 4) is 6.07 Å². The quantitative estimate of drug-likeness (QED) is 0.143. The van der Waals surface area contributed by atoms with E-state index in [-0.39, 0.29) is 18.3 Å². The van der Waals surface area contributed by atoms with Crippen LogP contribution in [-0.2, 0) is 4.43 Å². The molecule has 0 radical (unpaired) electrons. The van der Waals surface area contributed by atoms with E-state index in [1.54, 1.807) is 23.4 Å². The zero-order valence-electron chi connectivity index (χ0n) is 24.1. The monoisotopic (exact) mass is 573 g/mol. The van der Waals surface area contributed by atoms with Gasteiger partial charge in [0.05, 0.1) is 36.3 Å². The van der Waals surface area contributed by atoms with Crippen molar-refractivity contribution in [2.45, 2.75) is 38.3 Å². The number of benzene rings is 3. The van der Waals surface area contributed by atoms with Gasteiger partial charge >= 0.3 is 0 Å². The van der Waals surface area contributed by atoms with Crippen molar-refractivity contribution in [2.24, 2.45) is 4.99 Å². The van der Waals surface area contributed by atoms with Crippen LogP contribution in [0, 0.1) is 11.3 Å². The van der Waals surface area contributed by atoms with Gasteiger partial charge in [-0.1, -0.05) is 81.4 Å². The highest BCUT2D eigenvalue weighted by Crippen LogP contribution is 2.37. The van der Waals surface area contributed by atoms with Crippen molar-refractivity contribution in [2.75, 3.05) is 32.6 Å². The Morgan fingerprint density at radius 3 is 2.08 bits per heavy atom. The molecule has 0 heterocycles. The largest absolute Gasteiger partial charge is 0.405 e. The molecule has 0 fully saturated rings. The van der Waals surface area contributed by atoms with E-state index in [1.807, 2.05) is 63.5 Å². The molecule has 0 amide bonds. The molecule has 9 heteroatoms. The van der Waals surface area contributed by atoms with Crippen LogP contribution in [0.3, 0.4) is 0 Å². The topological polar surface area (TPSA) is 92.9 Å². The fraction of sp³-hybridized carbons (Fsp3) is 0.323. The summed E-state index contributed by atoms with van der Waals surface area (Å²) in [6, 6.07) is 28.2. The Hall–Kier alpha value is -3.55. The van der Waals surface area contributed by atoms with Gasteiger partial charge in [-0.2, -0.15) is 5.26 Å². The molecule has 0 saturated heterocycles. The molecular formula is C31H39N5O2SSi. The molecule has 0 aromatic heterocycles. The van der Waals surface area contributed by atoms with Crippen LogP contribution in [0.15, 0.2) is 83.9 Å². The molecule has 3 rings (SSSR count). The molecule has 3 N–H and O–H groups in total. The average molecular weight is 574 g/mol. The third-order valence-corrected chi connectivity index (χ3v) is 11.8. The first-order valence-corrected chi connectivity index (χ1v) is 15.5. The summed E-state index contributed by atoms with van der Waals surface area (Å²) in [6.45, 7) is 8.56. The molecule has 0 saturated carbocycles. The highest BCUT2D eigenvalue weighted by atomic mass is 32.1. The molecule has 3 aromatic carbocycles. The van der Waals surface area contributed by atoms with Crippen LogP contribution < -0.4 is 21.0 Å². The van der Waals surface area contributed by atoms with Gasteiger partial charge in [-0.25, -0.2) is 4.99 Å². The van der Waals surface area contributed by atoms with Crippen molar-refractivity contribution < 1.29 is 9.53 Å². The SMILES string of the molecule is CN(C)C=Nc1ccc(NC(=S)NC(C)(CO)CO[Si](c2ccccc2)(c2ccccc2)C(C)(C)C)cc1C#N. The Morgan fingerprint density at radius 2 is 1.60 bits per heavy atom. The van der Waals surface area contributed by atoms with Crippen molar-refractivity contribution in [1.82, 2.24) is 10.2 Å². The van der Waals surface area contributed by atoms with Crippen LogP contribution in [0.4, 0.5) is 11.4 Å². The molecule has 7 nitrogen and oxygen atoms in total. The highest BCUT2D eigenvalue weighted by molar-refractivity contribution is 7.80. The third kappa shape index (κ3) is 7.34. The summed E-state index contributed by atoms with van der Waals surface area (Å²) in [6.07, 6.45) is 1.65. The van der Waals surface area contributed by atoms with Crippen molar-refractivity contribution >= 4 is 53.7 Å².